The van der Waals surface area contributed by atoms with Crippen molar-refractivity contribution in [2.45, 2.75) is 18.6 Å². The van der Waals surface area contributed by atoms with Gasteiger partial charge in [-0.05, 0) is 0 Å². The topological polar surface area (TPSA) is 38.3 Å². The molecule has 0 heterocycles. The Balaban J connectivity index is 3.91. The van der Waals surface area contributed by atoms with Crippen LogP contribution in [0.2, 0.25) is 0 Å². The van der Waals surface area contributed by atoms with E-state index in [9.17, 15) is 18.0 Å². The fourth-order valence-electron chi connectivity index (χ4n) is 0.787. The zero-order valence-electron chi connectivity index (χ0n) is 7.53. The molecule has 0 saturated carbocycles. The molecule has 0 aliphatic rings. The molecular formula is C7H11BrF3NO2. The van der Waals surface area contributed by atoms with E-state index >= 15 is 0 Å². The first-order valence-electron chi connectivity index (χ1n) is 3.80. The van der Waals surface area contributed by atoms with Gasteiger partial charge in [0.05, 0.1) is 12.6 Å². The number of carbonyl (C=O) groups is 1. The second-order valence-electron chi connectivity index (χ2n) is 2.67. The van der Waals surface area contributed by atoms with Crippen molar-refractivity contribution in [2.24, 2.45) is 0 Å². The first-order chi connectivity index (χ1) is 6.39. The lowest BCUT2D eigenvalue weighted by atomic mass is 10.3. The van der Waals surface area contributed by atoms with E-state index in [1.54, 1.807) is 0 Å². The standard InChI is InChI=1S/C7H11BrF3NO2/c1-14-4-5(3-8)12-6(13)2-7(9,10)11/h5H,2-4H2,1H3,(H,12,13). The maximum Gasteiger partial charge on any atom is 0.397 e. The summed E-state index contributed by atoms with van der Waals surface area (Å²) in [6.07, 6.45) is -5.92. The molecule has 0 aliphatic heterocycles. The van der Waals surface area contributed by atoms with Gasteiger partial charge in [0.15, 0.2) is 0 Å². The van der Waals surface area contributed by atoms with Gasteiger partial charge in [-0.15, -0.1) is 0 Å². The molecular weight excluding hydrogens is 267 g/mol. The lowest BCUT2D eigenvalue weighted by Gasteiger charge is -2.15. The van der Waals surface area contributed by atoms with Crippen LogP contribution in [0.25, 0.3) is 0 Å². The lowest BCUT2D eigenvalue weighted by Crippen LogP contribution is -2.40. The second kappa shape index (κ2) is 6.23. The maximum atomic E-state index is 11.7. The summed E-state index contributed by atoms with van der Waals surface area (Å²) in [5.41, 5.74) is 0. The van der Waals surface area contributed by atoms with Crippen LogP contribution in [0.4, 0.5) is 13.2 Å². The van der Waals surface area contributed by atoms with Crippen molar-refractivity contribution >= 4 is 21.8 Å². The largest absolute Gasteiger partial charge is 0.397 e. The quantitative estimate of drug-likeness (QED) is 0.773. The van der Waals surface area contributed by atoms with Gasteiger partial charge in [-0.25, -0.2) is 0 Å². The average Bonchev–Trinajstić information content (AvgIpc) is 2.00. The third kappa shape index (κ3) is 7.14. The molecule has 1 atom stereocenters. The van der Waals surface area contributed by atoms with Crippen molar-refractivity contribution in [3.05, 3.63) is 0 Å². The zero-order chi connectivity index (χ0) is 11.2. The molecule has 1 N–H and O–H groups in total. The minimum absolute atomic E-state index is 0.175. The summed E-state index contributed by atoms with van der Waals surface area (Å²) in [4.78, 5) is 10.8. The van der Waals surface area contributed by atoms with Gasteiger partial charge in [-0.1, -0.05) is 15.9 Å². The Hall–Kier alpha value is -0.300. The van der Waals surface area contributed by atoms with E-state index in [2.05, 4.69) is 21.2 Å². The molecule has 1 unspecified atom stereocenters. The smallest absolute Gasteiger partial charge is 0.383 e. The van der Waals surface area contributed by atoms with Crippen LogP contribution in [0.15, 0.2) is 0 Å². The van der Waals surface area contributed by atoms with Gasteiger partial charge in [0.25, 0.3) is 0 Å². The van der Waals surface area contributed by atoms with E-state index in [1.165, 1.54) is 7.11 Å². The normalized spacial score (nSPS) is 13.8. The average molecular weight is 278 g/mol. The van der Waals surface area contributed by atoms with Crippen LogP contribution < -0.4 is 5.32 Å². The minimum atomic E-state index is -4.46. The minimum Gasteiger partial charge on any atom is -0.383 e. The number of alkyl halides is 4. The van der Waals surface area contributed by atoms with E-state index in [4.69, 9.17) is 4.74 Å². The first kappa shape index (κ1) is 13.7. The van der Waals surface area contributed by atoms with E-state index < -0.39 is 24.5 Å². The molecule has 0 aromatic heterocycles. The number of carbonyl (C=O) groups excluding carboxylic acids is 1. The number of hydrogen-bond acceptors (Lipinski definition) is 2. The van der Waals surface area contributed by atoms with E-state index in [-0.39, 0.29) is 6.61 Å². The zero-order valence-corrected chi connectivity index (χ0v) is 9.11. The summed E-state index contributed by atoms with van der Waals surface area (Å²) in [5, 5.41) is 2.54. The first-order valence-corrected chi connectivity index (χ1v) is 4.92. The number of hydrogen-bond donors (Lipinski definition) is 1. The molecule has 14 heavy (non-hydrogen) atoms. The highest BCUT2D eigenvalue weighted by Crippen LogP contribution is 2.18. The molecule has 0 bridgehead atoms. The number of rotatable bonds is 5. The molecule has 1 amide bonds. The molecule has 0 spiro atoms. The molecule has 0 saturated heterocycles. The van der Waals surface area contributed by atoms with Gasteiger partial charge in [0.1, 0.15) is 6.42 Å². The molecule has 0 fully saturated rings. The third-order valence-corrected chi connectivity index (χ3v) is 2.06. The number of methoxy groups -OCH3 is 1. The monoisotopic (exact) mass is 277 g/mol. The van der Waals surface area contributed by atoms with E-state index in [0.29, 0.717) is 5.33 Å². The predicted molar refractivity (Wildman–Crippen MR) is 48.3 cm³/mol. The molecule has 84 valence electrons. The highest BCUT2D eigenvalue weighted by Gasteiger charge is 2.31. The Bertz CT molecular complexity index is 186. The summed E-state index contributed by atoms with van der Waals surface area (Å²) in [7, 11) is 1.41. The van der Waals surface area contributed by atoms with Gasteiger partial charge >= 0.3 is 6.18 Å². The summed E-state index contributed by atoms with van der Waals surface area (Å²) >= 11 is 3.05. The fraction of sp³-hybridized carbons (Fsp3) is 0.857. The molecule has 0 aliphatic carbocycles. The number of nitrogens with one attached hydrogen (secondary N) is 1. The lowest BCUT2D eigenvalue weighted by molar-refractivity contribution is -0.154. The molecule has 7 heteroatoms. The van der Waals surface area contributed by atoms with Crippen LogP contribution in [0.1, 0.15) is 6.42 Å². The predicted octanol–water partition coefficient (Wildman–Crippen LogP) is 1.46. The van der Waals surface area contributed by atoms with Crippen molar-refractivity contribution in [1.29, 1.82) is 0 Å². The van der Waals surface area contributed by atoms with Crippen molar-refractivity contribution in [3.8, 4) is 0 Å². The Morgan fingerprint density at radius 2 is 2.14 bits per heavy atom. The third-order valence-electron chi connectivity index (χ3n) is 1.28. The number of halogens is 4. The van der Waals surface area contributed by atoms with Crippen molar-refractivity contribution in [2.75, 3.05) is 19.0 Å². The van der Waals surface area contributed by atoms with Gasteiger partial charge in [-0.2, -0.15) is 13.2 Å². The van der Waals surface area contributed by atoms with E-state index in [1.807, 2.05) is 0 Å². The summed E-state index contributed by atoms with van der Waals surface area (Å²) in [6.45, 7) is 0.175. The van der Waals surface area contributed by atoms with Gasteiger partial charge in [-0.3, -0.25) is 4.79 Å². The van der Waals surface area contributed by atoms with Gasteiger partial charge in [0.2, 0.25) is 5.91 Å². The summed E-state index contributed by atoms with van der Waals surface area (Å²) in [5.74, 6) is -1.04. The van der Waals surface area contributed by atoms with Crippen molar-refractivity contribution < 1.29 is 22.7 Å². The van der Waals surface area contributed by atoms with Crippen molar-refractivity contribution in [1.82, 2.24) is 5.32 Å². The van der Waals surface area contributed by atoms with Crippen LogP contribution >= 0.6 is 15.9 Å². The highest BCUT2D eigenvalue weighted by molar-refractivity contribution is 9.09. The number of ether oxygens (including phenoxy) is 1. The Morgan fingerprint density at radius 3 is 2.50 bits per heavy atom. The van der Waals surface area contributed by atoms with Crippen LogP contribution in [-0.2, 0) is 9.53 Å². The molecule has 0 aromatic rings. The van der Waals surface area contributed by atoms with Crippen LogP contribution in [0.3, 0.4) is 0 Å². The highest BCUT2D eigenvalue weighted by atomic mass is 79.9. The van der Waals surface area contributed by atoms with Crippen LogP contribution in [-0.4, -0.2) is 37.2 Å². The summed E-state index contributed by atoms with van der Waals surface area (Å²) in [6, 6.07) is -0.435. The Kier molecular flexibility index (Phi) is 6.10. The Labute approximate surface area is 88.1 Å². The fourth-order valence-corrected chi connectivity index (χ4v) is 1.14. The molecule has 3 nitrogen and oxygen atoms in total. The second-order valence-corrected chi connectivity index (χ2v) is 3.31. The Morgan fingerprint density at radius 1 is 1.57 bits per heavy atom. The van der Waals surface area contributed by atoms with Crippen LogP contribution in [0.5, 0.6) is 0 Å². The molecule has 0 radical (unpaired) electrons. The van der Waals surface area contributed by atoms with Crippen molar-refractivity contribution in [3.63, 3.8) is 0 Å². The SMILES string of the molecule is COCC(CBr)NC(=O)CC(F)(F)F. The molecule has 0 aromatic carbocycles. The summed E-state index contributed by atoms with van der Waals surface area (Å²) < 4.78 is 39.9. The maximum absolute atomic E-state index is 11.7. The van der Waals surface area contributed by atoms with E-state index in [0.717, 1.165) is 0 Å². The van der Waals surface area contributed by atoms with Crippen LogP contribution in [0, 0.1) is 0 Å². The number of amides is 1. The van der Waals surface area contributed by atoms with Gasteiger partial charge in [0, 0.05) is 12.4 Å². The molecule has 0 rings (SSSR count). The van der Waals surface area contributed by atoms with Gasteiger partial charge < -0.3 is 10.1 Å².